The van der Waals surface area contributed by atoms with Crippen LogP contribution in [0.5, 0.6) is 0 Å². The van der Waals surface area contributed by atoms with Gasteiger partial charge in [-0.2, -0.15) is 0 Å². The Hall–Kier alpha value is -2.50. The number of nitrogens with one attached hydrogen (secondary N) is 1. The van der Waals surface area contributed by atoms with E-state index in [4.69, 9.17) is 10.7 Å². The number of nitrogens with two attached hydrogens (primary N) is 1. The SMILES string of the molecule is CC(C)(C)[C@@H](NC[C@H](F)CN)c1nc(-c2ccccc2)cn1Cc1ccccc1. The number of nitrogens with zero attached hydrogens (tertiary/aromatic N) is 2. The minimum Gasteiger partial charge on any atom is -0.329 e. The molecule has 0 spiro atoms. The third-order valence-electron chi connectivity index (χ3n) is 5.00. The lowest BCUT2D eigenvalue weighted by Crippen LogP contribution is -2.39. The first-order valence-electron chi connectivity index (χ1n) is 10.1. The maximum absolute atomic E-state index is 13.9. The van der Waals surface area contributed by atoms with E-state index in [0.717, 1.165) is 17.1 Å². The van der Waals surface area contributed by atoms with Crippen LogP contribution in [0.4, 0.5) is 4.39 Å². The van der Waals surface area contributed by atoms with E-state index in [-0.39, 0.29) is 24.5 Å². The van der Waals surface area contributed by atoms with E-state index in [9.17, 15) is 4.39 Å². The van der Waals surface area contributed by atoms with Gasteiger partial charge in [0.05, 0.1) is 11.7 Å². The quantitative estimate of drug-likeness (QED) is 0.588. The van der Waals surface area contributed by atoms with Crippen LogP contribution in [-0.4, -0.2) is 28.8 Å². The van der Waals surface area contributed by atoms with Crippen molar-refractivity contribution in [2.24, 2.45) is 11.1 Å². The molecule has 0 aliphatic carbocycles. The predicted octanol–water partition coefficient (Wildman–Crippen LogP) is 4.57. The molecule has 0 fully saturated rings. The molecule has 3 N–H and O–H groups in total. The number of halogens is 1. The summed E-state index contributed by atoms with van der Waals surface area (Å²) >= 11 is 0. The maximum atomic E-state index is 13.9. The molecule has 0 saturated heterocycles. The number of hydrogen-bond donors (Lipinski definition) is 2. The summed E-state index contributed by atoms with van der Waals surface area (Å²) in [7, 11) is 0. The molecule has 0 bridgehead atoms. The van der Waals surface area contributed by atoms with Crippen LogP contribution in [0.3, 0.4) is 0 Å². The number of imidazole rings is 1. The Morgan fingerprint density at radius 2 is 1.66 bits per heavy atom. The number of aromatic nitrogens is 2. The Morgan fingerprint density at radius 1 is 1.03 bits per heavy atom. The van der Waals surface area contributed by atoms with Crippen molar-refractivity contribution >= 4 is 0 Å². The molecule has 0 aliphatic heterocycles. The van der Waals surface area contributed by atoms with Gasteiger partial charge in [0.2, 0.25) is 0 Å². The average Bonchev–Trinajstić information content (AvgIpc) is 3.11. The summed E-state index contributed by atoms with van der Waals surface area (Å²) in [6.07, 6.45) is 1.01. The molecule has 0 radical (unpaired) electrons. The smallest absolute Gasteiger partial charge is 0.127 e. The van der Waals surface area contributed by atoms with Crippen molar-refractivity contribution in [3.05, 3.63) is 78.2 Å². The minimum absolute atomic E-state index is 0.0115. The van der Waals surface area contributed by atoms with Gasteiger partial charge < -0.3 is 15.6 Å². The number of alkyl halides is 1. The van der Waals surface area contributed by atoms with Crippen molar-refractivity contribution in [1.29, 1.82) is 0 Å². The summed E-state index contributed by atoms with van der Waals surface area (Å²) in [5, 5.41) is 3.38. The molecular weight excluding hydrogens is 363 g/mol. The van der Waals surface area contributed by atoms with Gasteiger partial charge >= 0.3 is 0 Å². The van der Waals surface area contributed by atoms with E-state index in [0.29, 0.717) is 6.54 Å². The van der Waals surface area contributed by atoms with Gasteiger partial charge in [0, 0.05) is 31.4 Å². The fraction of sp³-hybridized carbons (Fsp3) is 0.375. The summed E-state index contributed by atoms with van der Waals surface area (Å²) in [5.74, 6) is 0.907. The number of rotatable bonds is 8. The Bertz CT molecular complexity index is 884. The molecule has 154 valence electrons. The van der Waals surface area contributed by atoms with Gasteiger partial charge in [-0.25, -0.2) is 9.37 Å². The zero-order valence-electron chi connectivity index (χ0n) is 17.5. The summed E-state index contributed by atoms with van der Waals surface area (Å²) in [5.41, 5.74) is 8.52. The molecule has 0 aliphatic rings. The maximum Gasteiger partial charge on any atom is 0.127 e. The first-order valence-corrected chi connectivity index (χ1v) is 10.1. The highest BCUT2D eigenvalue weighted by Crippen LogP contribution is 2.34. The second kappa shape index (κ2) is 9.33. The van der Waals surface area contributed by atoms with E-state index >= 15 is 0 Å². The summed E-state index contributed by atoms with van der Waals surface area (Å²) in [6.45, 7) is 7.35. The standard InChI is InChI=1S/C24H31FN4/c1-24(2,3)22(27-15-20(25)14-26)23-28-21(19-12-8-5-9-13-19)17-29(23)16-18-10-6-4-7-11-18/h4-13,17,20,22,27H,14-16,26H2,1-3H3/t20-,22+/m1/s1. The zero-order chi connectivity index (χ0) is 20.9. The third kappa shape index (κ3) is 5.52. The van der Waals surface area contributed by atoms with Crippen LogP contribution in [0, 0.1) is 5.41 Å². The van der Waals surface area contributed by atoms with Crippen molar-refractivity contribution in [3.8, 4) is 11.3 Å². The Balaban J connectivity index is 2.01. The highest BCUT2D eigenvalue weighted by Gasteiger charge is 2.31. The summed E-state index contributed by atoms with van der Waals surface area (Å²) < 4.78 is 16.1. The monoisotopic (exact) mass is 394 g/mol. The Labute approximate surface area is 173 Å². The predicted molar refractivity (Wildman–Crippen MR) is 117 cm³/mol. The molecule has 3 rings (SSSR count). The van der Waals surface area contributed by atoms with Crippen molar-refractivity contribution in [2.75, 3.05) is 13.1 Å². The molecule has 4 nitrogen and oxygen atoms in total. The summed E-state index contributed by atoms with van der Waals surface area (Å²) in [4.78, 5) is 4.99. The van der Waals surface area contributed by atoms with Gasteiger partial charge in [0.1, 0.15) is 12.0 Å². The molecule has 3 aromatic rings. The summed E-state index contributed by atoms with van der Waals surface area (Å²) in [6, 6.07) is 20.3. The normalized spacial score (nSPS) is 14.0. The lowest BCUT2D eigenvalue weighted by atomic mass is 9.86. The first kappa shape index (κ1) is 21.2. The average molecular weight is 395 g/mol. The third-order valence-corrected chi connectivity index (χ3v) is 5.00. The lowest BCUT2D eigenvalue weighted by Gasteiger charge is -2.32. The molecule has 0 saturated carbocycles. The van der Waals surface area contributed by atoms with Crippen molar-refractivity contribution in [2.45, 2.75) is 39.5 Å². The van der Waals surface area contributed by atoms with Crippen LogP contribution in [0.25, 0.3) is 11.3 Å². The second-order valence-electron chi connectivity index (χ2n) is 8.50. The van der Waals surface area contributed by atoms with Gasteiger partial charge in [-0.3, -0.25) is 0 Å². The fourth-order valence-corrected chi connectivity index (χ4v) is 3.43. The van der Waals surface area contributed by atoms with Gasteiger partial charge in [-0.05, 0) is 11.0 Å². The van der Waals surface area contributed by atoms with Gasteiger partial charge in [0.25, 0.3) is 0 Å². The molecule has 29 heavy (non-hydrogen) atoms. The van der Waals surface area contributed by atoms with Crippen LogP contribution in [0.1, 0.15) is 38.2 Å². The number of hydrogen-bond acceptors (Lipinski definition) is 3. The molecule has 1 heterocycles. The van der Waals surface area contributed by atoms with Gasteiger partial charge in [-0.15, -0.1) is 0 Å². The van der Waals surface area contributed by atoms with Gasteiger partial charge in [-0.1, -0.05) is 81.4 Å². The number of benzene rings is 2. The second-order valence-corrected chi connectivity index (χ2v) is 8.50. The van der Waals surface area contributed by atoms with Crippen LogP contribution in [0.2, 0.25) is 0 Å². The van der Waals surface area contributed by atoms with Crippen LogP contribution >= 0.6 is 0 Å². The van der Waals surface area contributed by atoms with Crippen LogP contribution in [0.15, 0.2) is 66.9 Å². The zero-order valence-corrected chi connectivity index (χ0v) is 17.5. The largest absolute Gasteiger partial charge is 0.329 e. The van der Waals surface area contributed by atoms with E-state index in [2.05, 4.69) is 61.1 Å². The molecule has 0 amide bonds. The van der Waals surface area contributed by atoms with Crippen LogP contribution < -0.4 is 11.1 Å². The van der Waals surface area contributed by atoms with E-state index in [1.807, 2.05) is 36.4 Å². The van der Waals surface area contributed by atoms with Gasteiger partial charge in [0.15, 0.2) is 0 Å². The fourth-order valence-electron chi connectivity index (χ4n) is 3.43. The highest BCUT2D eigenvalue weighted by atomic mass is 19.1. The molecule has 2 atom stereocenters. The topological polar surface area (TPSA) is 55.9 Å². The van der Waals surface area contributed by atoms with Crippen molar-refractivity contribution < 1.29 is 4.39 Å². The molecule has 0 unspecified atom stereocenters. The first-order chi connectivity index (χ1) is 13.9. The molecule has 5 heteroatoms. The van der Waals surface area contributed by atoms with Crippen LogP contribution in [-0.2, 0) is 6.54 Å². The highest BCUT2D eigenvalue weighted by molar-refractivity contribution is 5.58. The molecular formula is C24H31FN4. The van der Waals surface area contributed by atoms with E-state index in [1.165, 1.54) is 5.56 Å². The Kier molecular flexibility index (Phi) is 6.83. The van der Waals surface area contributed by atoms with E-state index < -0.39 is 6.17 Å². The lowest BCUT2D eigenvalue weighted by molar-refractivity contribution is 0.227. The molecule has 2 aromatic carbocycles. The minimum atomic E-state index is -1.08. The Morgan fingerprint density at radius 3 is 2.24 bits per heavy atom. The van der Waals surface area contributed by atoms with Crippen molar-refractivity contribution in [3.63, 3.8) is 0 Å². The molecule has 1 aromatic heterocycles. The van der Waals surface area contributed by atoms with E-state index in [1.54, 1.807) is 0 Å². The van der Waals surface area contributed by atoms with Crippen molar-refractivity contribution in [1.82, 2.24) is 14.9 Å².